The number of nitrogens with zero attached hydrogens (tertiary/aromatic N) is 1. The zero-order chi connectivity index (χ0) is 9.84. The molecule has 0 aromatic heterocycles. The zero-order valence-electron chi connectivity index (χ0n) is 7.54. The first-order valence-corrected chi connectivity index (χ1v) is 3.78. The molecule has 0 atom stereocenters. The van der Waals surface area contributed by atoms with Gasteiger partial charge in [-0.3, -0.25) is 0 Å². The van der Waals surface area contributed by atoms with E-state index >= 15 is 0 Å². The minimum atomic E-state index is -0.440. The minimum Gasteiger partial charge on any atom is -0.494 e. The lowest BCUT2D eigenvalue weighted by Gasteiger charge is -2.01. The molecule has 0 saturated heterocycles. The molecule has 13 heavy (non-hydrogen) atoms. The Morgan fingerprint density at radius 2 is 2.23 bits per heavy atom. The summed E-state index contributed by atoms with van der Waals surface area (Å²) in [6, 6.07) is 4.42. The third-order valence-corrected chi connectivity index (χ3v) is 1.44. The number of amidine groups is 1. The second-order valence-corrected chi connectivity index (χ2v) is 2.57. The topological polar surface area (TPSA) is 47.6 Å². The Bertz CT molecular complexity index is 332. The minimum absolute atomic E-state index is 0.202. The molecule has 0 radical (unpaired) electrons. The predicted molar refractivity (Wildman–Crippen MR) is 49.9 cm³/mol. The zero-order valence-corrected chi connectivity index (χ0v) is 7.54. The number of ether oxygens (including phenoxy) is 1. The fourth-order valence-electron chi connectivity index (χ4n) is 0.928. The molecule has 0 fully saturated rings. The van der Waals surface area contributed by atoms with Crippen LogP contribution in [-0.4, -0.2) is 12.9 Å². The summed E-state index contributed by atoms with van der Waals surface area (Å²) in [6.45, 7) is 1.64. The molecular weight excluding hydrogens is 171 g/mol. The normalized spacial score (nSPS) is 11.5. The fourth-order valence-corrected chi connectivity index (χ4v) is 0.928. The van der Waals surface area contributed by atoms with E-state index in [0.717, 1.165) is 0 Å². The highest BCUT2D eigenvalue weighted by Crippen LogP contribution is 2.22. The lowest BCUT2D eigenvalue weighted by molar-refractivity contribution is 0.386. The molecule has 2 N–H and O–H groups in total. The molecule has 0 amide bonds. The molecule has 4 heteroatoms. The summed E-state index contributed by atoms with van der Waals surface area (Å²) in [6.07, 6.45) is 0. The Kier molecular flexibility index (Phi) is 2.84. The summed E-state index contributed by atoms with van der Waals surface area (Å²) >= 11 is 0. The summed E-state index contributed by atoms with van der Waals surface area (Å²) in [5.74, 6) is 0.156. The van der Waals surface area contributed by atoms with Gasteiger partial charge in [0.1, 0.15) is 0 Å². The van der Waals surface area contributed by atoms with E-state index in [1.165, 1.54) is 19.2 Å². The highest BCUT2D eigenvalue weighted by molar-refractivity contribution is 5.80. The average Bonchev–Trinajstić information content (AvgIpc) is 2.03. The Morgan fingerprint density at radius 1 is 1.54 bits per heavy atom. The third-order valence-electron chi connectivity index (χ3n) is 1.44. The number of rotatable bonds is 2. The molecule has 3 nitrogen and oxygen atoms in total. The van der Waals surface area contributed by atoms with Crippen molar-refractivity contribution in [3.8, 4) is 5.75 Å². The van der Waals surface area contributed by atoms with Crippen LogP contribution in [-0.2, 0) is 0 Å². The molecule has 1 rings (SSSR count). The van der Waals surface area contributed by atoms with Crippen LogP contribution in [0.25, 0.3) is 0 Å². The summed E-state index contributed by atoms with van der Waals surface area (Å²) in [7, 11) is 1.41. The molecule has 70 valence electrons. The van der Waals surface area contributed by atoms with Gasteiger partial charge in [0.2, 0.25) is 0 Å². The van der Waals surface area contributed by atoms with Crippen molar-refractivity contribution >= 4 is 11.5 Å². The first-order chi connectivity index (χ1) is 6.13. The number of hydrogen-bond donors (Lipinski definition) is 1. The molecule has 0 aliphatic carbocycles. The maximum Gasteiger partial charge on any atom is 0.167 e. The molecule has 0 heterocycles. The highest BCUT2D eigenvalue weighted by Gasteiger charge is 2.01. The van der Waals surface area contributed by atoms with Crippen molar-refractivity contribution in [1.82, 2.24) is 0 Å². The third kappa shape index (κ3) is 2.43. The fraction of sp³-hybridized carbons (Fsp3) is 0.222. The number of nitrogens with two attached hydrogens (primary N) is 1. The molecule has 0 unspecified atom stereocenters. The van der Waals surface area contributed by atoms with E-state index in [1.54, 1.807) is 13.0 Å². The standard InChI is InChI=1S/C9H11FN2O/c1-6(11)12-7-3-4-9(13-2)8(10)5-7/h3-5H,1-2H3,(H2,11,12). The van der Waals surface area contributed by atoms with E-state index in [0.29, 0.717) is 11.5 Å². The van der Waals surface area contributed by atoms with Crippen LogP contribution in [0.1, 0.15) is 6.92 Å². The summed E-state index contributed by atoms with van der Waals surface area (Å²) in [5, 5.41) is 0. The van der Waals surface area contributed by atoms with Crippen LogP contribution in [0, 0.1) is 5.82 Å². The second-order valence-electron chi connectivity index (χ2n) is 2.57. The van der Waals surface area contributed by atoms with Crippen molar-refractivity contribution in [3.63, 3.8) is 0 Å². The smallest absolute Gasteiger partial charge is 0.167 e. The first-order valence-electron chi connectivity index (χ1n) is 3.78. The molecule has 0 aliphatic heterocycles. The van der Waals surface area contributed by atoms with Crippen molar-refractivity contribution in [2.45, 2.75) is 6.92 Å². The van der Waals surface area contributed by atoms with Gasteiger partial charge in [-0.1, -0.05) is 0 Å². The van der Waals surface area contributed by atoms with Gasteiger partial charge >= 0.3 is 0 Å². The molecule has 0 spiro atoms. The van der Waals surface area contributed by atoms with Crippen molar-refractivity contribution in [1.29, 1.82) is 0 Å². The largest absolute Gasteiger partial charge is 0.494 e. The second kappa shape index (κ2) is 3.89. The Labute approximate surface area is 76.0 Å². The molecule has 0 bridgehead atoms. The monoisotopic (exact) mass is 182 g/mol. The van der Waals surface area contributed by atoms with E-state index < -0.39 is 5.82 Å². The number of benzene rings is 1. The maximum atomic E-state index is 13.1. The predicted octanol–water partition coefficient (Wildman–Crippen LogP) is 1.84. The van der Waals surface area contributed by atoms with Crippen LogP contribution >= 0.6 is 0 Å². The Morgan fingerprint density at radius 3 is 2.69 bits per heavy atom. The highest BCUT2D eigenvalue weighted by atomic mass is 19.1. The summed E-state index contributed by atoms with van der Waals surface area (Å²) in [4.78, 5) is 3.89. The van der Waals surface area contributed by atoms with Crippen molar-refractivity contribution in [3.05, 3.63) is 24.0 Å². The van der Waals surface area contributed by atoms with E-state index in [4.69, 9.17) is 10.5 Å². The number of methoxy groups -OCH3 is 1. The number of halogens is 1. The summed E-state index contributed by atoms with van der Waals surface area (Å²) in [5.41, 5.74) is 5.83. The van der Waals surface area contributed by atoms with Gasteiger partial charge in [-0.05, 0) is 19.1 Å². The van der Waals surface area contributed by atoms with Crippen molar-refractivity contribution in [2.24, 2.45) is 10.7 Å². The molecule has 0 saturated carbocycles. The van der Waals surface area contributed by atoms with Crippen LogP contribution in [0.5, 0.6) is 5.75 Å². The van der Waals surface area contributed by atoms with Gasteiger partial charge in [-0.2, -0.15) is 0 Å². The van der Waals surface area contributed by atoms with E-state index in [2.05, 4.69) is 4.99 Å². The summed E-state index contributed by atoms with van der Waals surface area (Å²) < 4.78 is 17.8. The van der Waals surface area contributed by atoms with E-state index in [1.807, 2.05) is 0 Å². The lowest BCUT2D eigenvalue weighted by atomic mass is 10.3. The van der Waals surface area contributed by atoms with Crippen molar-refractivity contribution < 1.29 is 9.13 Å². The molecule has 1 aromatic rings. The Hall–Kier alpha value is -1.58. The first kappa shape index (κ1) is 9.51. The van der Waals surface area contributed by atoms with Gasteiger partial charge in [-0.25, -0.2) is 9.38 Å². The van der Waals surface area contributed by atoms with Gasteiger partial charge < -0.3 is 10.5 Å². The van der Waals surface area contributed by atoms with Gasteiger partial charge in [0.15, 0.2) is 11.6 Å². The SMILES string of the molecule is COc1ccc(N=C(C)N)cc1F. The maximum absolute atomic E-state index is 13.1. The van der Waals surface area contributed by atoms with E-state index in [-0.39, 0.29) is 5.75 Å². The average molecular weight is 182 g/mol. The van der Waals surface area contributed by atoms with Gasteiger partial charge in [-0.15, -0.1) is 0 Å². The van der Waals surface area contributed by atoms with Gasteiger partial charge in [0.05, 0.1) is 18.6 Å². The van der Waals surface area contributed by atoms with Crippen molar-refractivity contribution in [2.75, 3.05) is 7.11 Å². The van der Waals surface area contributed by atoms with Gasteiger partial charge in [0, 0.05) is 6.07 Å². The molecule has 1 aromatic carbocycles. The van der Waals surface area contributed by atoms with E-state index in [9.17, 15) is 4.39 Å². The van der Waals surface area contributed by atoms with Crippen LogP contribution < -0.4 is 10.5 Å². The van der Waals surface area contributed by atoms with Crippen LogP contribution in [0.4, 0.5) is 10.1 Å². The van der Waals surface area contributed by atoms with Crippen LogP contribution in [0.15, 0.2) is 23.2 Å². The molecule has 0 aliphatic rings. The lowest BCUT2D eigenvalue weighted by Crippen LogP contribution is -2.03. The van der Waals surface area contributed by atoms with Crippen LogP contribution in [0.2, 0.25) is 0 Å². The molecular formula is C9H11FN2O. The number of hydrogen-bond acceptors (Lipinski definition) is 2. The quantitative estimate of drug-likeness (QED) is 0.560. The Balaban J connectivity index is 3.03. The van der Waals surface area contributed by atoms with Gasteiger partial charge in [0.25, 0.3) is 0 Å². The number of aliphatic imine (C=N–C) groups is 1. The van der Waals surface area contributed by atoms with Crippen LogP contribution in [0.3, 0.4) is 0 Å².